The van der Waals surface area contributed by atoms with Crippen LogP contribution in [0, 0.1) is 17.8 Å². The second-order valence-electron chi connectivity index (χ2n) is 6.69. The van der Waals surface area contributed by atoms with Crippen LogP contribution in [0.25, 0.3) is 0 Å². The summed E-state index contributed by atoms with van der Waals surface area (Å²) >= 11 is 0. The van der Waals surface area contributed by atoms with E-state index in [2.05, 4.69) is 6.92 Å². The third-order valence-electron chi connectivity index (χ3n) is 4.98. The lowest BCUT2D eigenvalue weighted by molar-refractivity contribution is -0.117. The number of rotatable bonds is 4. The maximum Gasteiger partial charge on any atom is 0.158 e. The molecule has 1 fully saturated rings. The Bertz CT molecular complexity index is 398. The van der Waals surface area contributed by atoms with Crippen molar-refractivity contribution in [2.75, 3.05) is 0 Å². The van der Waals surface area contributed by atoms with Gasteiger partial charge in [-0.25, -0.2) is 0 Å². The molecule has 0 aromatic carbocycles. The molecule has 0 heterocycles. The van der Waals surface area contributed by atoms with Gasteiger partial charge in [0.25, 0.3) is 0 Å². The largest absolute Gasteiger partial charge is 0.512 e. The molecule has 20 heavy (non-hydrogen) atoms. The lowest BCUT2D eigenvalue weighted by atomic mass is 9.78. The van der Waals surface area contributed by atoms with E-state index >= 15 is 0 Å². The van der Waals surface area contributed by atoms with Crippen LogP contribution in [0.4, 0.5) is 0 Å². The van der Waals surface area contributed by atoms with Crippen LogP contribution in [0.2, 0.25) is 0 Å². The highest BCUT2D eigenvalue weighted by Gasteiger charge is 2.24. The molecule has 0 bridgehead atoms. The Morgan fingerprint density at radius 2 is 1.85 bits per heavy atom. The zero-order valence-corrected chi connectivity index (χ0v) is 12.9. The van der Waals surface area contributed by atoms with Crippen molar-refractivity contribution in [2.45, 2.75) is 65.2 Å². The van der Waals surface area contributed by atoms with E-state index in [0.29, 0.717) is 18.1 Å². The Morgan fingerprint density at radius 1 is 1.20 bits per heavy atom. The molecule has 1 atom stereocenters. The van der Waals surface area contributed by atoms with Crippen LogP contribution in [0.3, 0.4) is 0 Å². The van der Waals surface area contributed by atoms with Crippen LogP contribution in [0.1, 0.15) is 65.2 Å². The van der Waals surface area contributed by atoms with Gasteiger partial charge in [-0.3, -0.25) is 4.79 Å². The van der Waals surface area contributed by atoms with Gasteiger partial charge in [0.05, 0.1) is 5.76 Å². The van der Waals surface area contributed by atoms with Gasteiger partial charge in [-0.2, -0.15) is 0 Å². The van der Waals surface area contributed by atoms with Crippen molar-refractivity contribution < 1.29 is 9.90 Å². The predicted molar refractivity (Wildman–Crippen MR) is 82.6 cm³/mol. The first kappa shape index (κ1) is 15.3. The third-order valence-corrected chi connectivity index (χ3v) is 4.98. The zero-order chi connectivity index (χ0) is 14.5. The molecule has 0 spiro atoms. The number of aliphatic hydroxyl groups is 1. The van der Waals surface area contributed by atoms with E-state index < -0.39 is 0 Å². The molecule has 112 valence electrons. The van der Waals surface area contributed by atoms with E-state index in [1.807, 2.05) is 13.0 Å². The van der Waals surface area contributed by atoms with Crippen molar-refractivity contribution >= 4 is 5.78 Å². The Hall–Kier alpha value is -1.05. The van der Waals surface area contributed by atoms with Gasteiger partial charge in [0.1, 0.15) is 0 Å². The van der Waals surface area contributed by atoms with Crippen LogP contribution in [-0.4, -0.2) is 10.9 Å². The maximum absolute atomic E-state index is 11.5. The molecule has 2 aliphatic rings. The van der Waals surface area contributed by atoms with E-state index in [9.17, 15) is 9.90 Å². The average Bonchev–Trinajstić information content (AvgIpc) is 2.44. The van der Waals surface area contributed by atoms with Gasteiger partial charge in [0, 0.05) is 12.3 Å². The van der Waals surface area contributed by atoms with Crippen LogP contribution in [-0.2, 0) is 4.79 Å². The van der Waals surface area contributed by atoms with E-state index in [4.69, 9.17) is 0 Å². The molecular formula is C18H28O2. The first-order valence-corrected chi connectivity index (χ1v) is 8.23. The highest BCUT2D eigenvalue weighted by molar-refractivity contribution is 5.93. The molecule has 0 aromatic rings. The van der Waals surface area contributed by atoms with Crippen LogP contribution >= 0.6 is 0 Å². The summed E-state index contributed by atoms with van der Waals surface area (Å²) in [6.45, 7) is 4.20. The van der Waals surface area contributed by atoms with Crippen molar-refractivity contribution in [2.24, 2.45) is 17.8 Å². The first-order valence-electron chi connectivity index (χ1n) is 8.23. The number of carbonyl (C=O) groups is 1. The van der Waals surface area contributed by atoms with Gasteiger partial charge in [0.2, 0.25) is 0 Å². The molecule has 2 heteroatoms. The van der Waals surface area contributed by atoms with Gasteiger partial charge in [-0.05, 0) is 42.7 Å². The minimum absolute atomic E-state index is 0.0254. The molecular weight excluding hydrogens is 248 g/mol. The summed E-state index contributed by atoms with van der Waals surface area (Å²) in [6, 6.07) is 0. The standard InChI is InChI=1S/C18H28O2/c1-3-4-14-5-7-15(8-6-14)12-18(20)16-9-10-17(19)13(2)11-16/h9-10,13-15,20H,3-8,11-12H2,1-2H3. The molecule has 1 unspecified atom stereocenters. The molecule has 0 radical (unpaired) electrons. The number of hydrogen-bond donors (Lipinski definition) is 1. The van der Waals surface area contributed by atoms with Crippen molar-refractivity contribution in [3.8, 4) is 0 Å². The van der Waals surface area contributed by atoms with Crippen molar-refractivity contribution in [3.05, 3.63) is 23.5 Å². The average molecular weight is 276 g/mol. The summed E-state index contributed by atoms with van der Waals surface area (Å²) in [5, 5.41) is 10.3. The highest BCUT2D eigenvalue weighted by atomic mass is 16.3. The second-order valence-corrected chi connectivity index (χ2v) is 6.69. The summed E-state index contributed by atoms with van der Waals surface area (Å²) < 4.78 is 0. The first-order chi connectivity index (χ1) is 9.60. The molecule has 0 amide bonds. The topological polar surface area (TPSA) is 37.3 Å². The SMILES string of the molecule is CCCC1CCC(CC(O)=C2C=CC(=O)C(C)C2)CC1. The van der Waals surface area contributed by atoms with Crippen molar-refractivity contribution in [3.63, 3.8) is 0 Å². The number of hydrogen-bond acceptors (Lipinski definition) is 2. The van der Waals surface area contributed by atoms with Gasteiger partial charge in [-0.15, -0.1) is 0 Å². The Morgan fingerprint density at radius 3 is 2.45 bits per heavy atom. The fraction of sp³-hybridized carbons (Fsp3) is 0.722. The fourth-order valence-electron chi connectivity index (χ4n) is 3.60. The second kappa shape index (κ2) is 7.10. The Kier molecular flexibility index (Phi) is 5.45. The molecule has 2 rings (SSSR count). The molecule has 2 nitrogen and oxygen atoms in total. The van der Waals surface area contributed by atoms with E-state index in [0.717, 1.165) is 17.9 Å². The molecule has 1 saturated carbocycles. The third kappa shape index (κ3) is 3.97. The minimum atomic E-state index is 0.0254. The maximum atomic E-state index is 11.5. The number of ketones is 1. The number of allylic oxidation sites excluding steroid dienone is 4. The normalized spacial score (nSPS) is 33.3. The summed E-state index contributed by atoms with van der Waals surface area (Å²) in [7, 11) is 0. The van der Waals surface area contributed by atoms with Gasteiger partial charge >= 0.3 is 0 Å². The van der Waals surface area contributed by atoms with E-state index in [1.165, 1.54) is 38.5 Å². The van der Waals surface area contributed by atoms with Gasteiger partial charge in [-0.1, -0.05) is 45.6 Å². The van der Waals surface area contributed by atoms with Gasteiger partial charge < -0.3 is 5.11 Å². The minimum Gasteiger partial charge on any atom is -0.512 e. The van der Waals surface area contributed by atoms with Crippen LogP contribution in [0.15, 0.2) is 23.5 Å². The van der Waals surface area contributed by atoms with Crippen molar-refractivity contribution in [1.82, 2.24) is 0 Å². The lowest BCUT2D eigenvalue weighted by Gasteiger charge is -2.28. The van der Waals surface area contributed by atoms with E-state index in [-0.39, 0.29) is 11.7 Å². The fourth-order valence-corrected chi connectivity index (χ4v) is 3.60. The van der Waals surface area contributed by atoms with Crippen LogP contribution in [0.5, 0.6) is 0 Å². The monoisotopic (exact) mass is 276 g/mol. The molecule has 0 aromatic heterocycles. The van der Waals surface area contributed by atoms with Crippen LogP contribution < -0.4 is 0 Å². The summed E-state index contributed by atoms with van der Waals surface area (Å²) in [5.74, 6) is 2.29. The molecule has 0 aliphatic heterocycles. The molecule has 2 aliphatic carbocycles. The highest BCUT2D eigenvalue weighted by Crippen LogP contribution is 2.35. The molecule has 1 N–H and O–H groups in total. The predicted octanol–water partition coefficient (Wildman–Crippen LogP) is 4.96. The number of carbonyl (C=O) groups excluding carboxylic acids is 1. The Labute approximate surface area is 123 Å². The van der Waals surface area contributed by atoms with Gasteiger partial charge in [0.15, 0.2) is 5.78 Å². The summed E-state index contributed by atoms with van der Waals surface area (Å²) in [5.41, 5.74) is 0.979. The molecule has 0 saturated heterocycles. The smallest absolute Gasteiger partial charge is 0.158 e. The zero-order valence-electron chi connectivity index (χ0n) is 12.9. The number of aliphatic hydroxyl groups excluding tert-OH is 1. The quantitative estimate of drug-likeness (QED) is 0.737. The van der Waals surface area contributed by atoms with Crippen molar-refractivity contribution in [1.29, 1.82) is 0 Å². The lowest BCUT2D eigenvalue weighted by Crippen LogP contribution is -2.17. The summed E-state index contributed by atoms with van der Waals surface area (Å²) in [6.07, 6.45) is 12.8. The Balaban J connectivity index is 1.88. The van der Waals surface area contributed by atoms with E-state index in [1.54, 1.807) is 6.08 Å². The summed E-state index contributed by atoms with van der Waals surface area (Å²) in [4.78, 5) is 11.5.